The van der Waals surface area contributed by atoms with Crippen LogP contribution in [-0.2, 0) is 16.2 Å². The molecule has 0 saturated carbocycles. The number of aryl methyl sites for hydroxylation is 1. The van der Waals surface area contributed by atoms with E-state index in [1.165, 1.54) is 11.8 Å². The summed E-state index contributed by atoms with van der Waals surface area (Å²) >= 11 is 6.04. The van der Waals surface area contributed by atoms with Crippen molar-refractivity contribution in [3.05, 3.63) is 87.9 Å². The highest BCUT2D eigenvalue weighted by Crippen LogP contribution is 2.29. The van der Waals surface area contributed by atoms with Gasteiger partial charge in [0, 0.05) is 10.7 Å². The molecule has 0 unspecified atom stereocenters. The van der Waals surface area contributed by atoms with Gasteiger partial charge in [0.25, 0.3) is 0 Å². The molecule has 0 saturated heterocycles. The smallest absolute Gasteiger partial charge is 0.329 e. The Hall–Kier alpha value is -3.84. The fourth-order valence-electron chi connectivity index (χ4n) is 2.98. The summed E-state index contributed by atoms with van der Waals surface area (Å²) in [6.45, 7) is 6.53. The Morgan fingerprint density at radius 2 is 1.74 bits per heavy atom. The number of carbonyl (C=O) groups excluding carboxylic acids is 2. The van der Waals surface area contributed by atoms with Crippen LogP contribution in [0, 0.1) is 13.8 Å². The maximum Gasteiger partial charge on any atom is 0.329 e. The molecular weight excluding hydrogens is 454 g/mol. The molecule has 0 bridgehead atoms. The van der Waals surface area contributed by atoms with Crippen LogP contribution < -0.4 is 20.2 Å². The van der Waals surface area contributed by atoms with Gasteiger partial charge in [-0.3, -0.25) is 9.59 Å². The van der Waals surface area contributed by atoms with Crippen LogP contribution in [0.25, 0.3) is 0 Å². The fourth-order valence-corrected chi connectivity index (χ4v) is 3.15. The normalized spacial score (nSPS) is 10.7. The molecule has 3 rings (SSSR count). The summed E-state index contributed by atoms with van der Waals surface area (Å²) in [6.07, 6.45) is 1.42. The Labute approximate surface area is 203 Å². The van der Waals surface area contributed by atoms with Gasteiger partial charge in [0.15, 0.2) is 11.5 Å². The van der Waals surface area contributed by atoms with Gasteiger partial charge in [-0.25, -0.2) is 5.43 Å². The largest absolute Gasteiger partial charge is 0.490 e. The molecule has 0 spiro atoms. The lowest BCUT2D eigenvalue weighted by atomic mass is 10.2. The molecule has 0 aromatic heterocycles. The molecule has 7 nitrogen and oxygen atoms in total. The number of nitrogens with one attached hydrogen (secondary N) is 2. The van der Waals surface area contributed by atoms with E-state index in [2.05, 4.69) is 15.8 Å². The van der Waals surface area contributed by atoms with Gasteiger partial charge in [-0.05, 0) is 67.8 Å². The highest BCUT2D eigenvalue weighted by Gasteiger charge is 2.14. The van der Waals surface area contributed by atoms with Gasteiger partial charge in [-0.2, -0.15) is 5.10 Å². The molecule has 8 heteroatoms. The number of nitrogens with zero attached hydrogens (tertiary/aromatic N) is 1. The first-order valence-electron chi connectivity index (χ1n) is 10.7. The summed E-state index contributed by atoms with van der Waals surface area (Å²) in [7, 11) is 0. The molecule has 2 amide bonds. The highest BCUT2D eigenvalue weighted by atomic mass is 35.5. The predicted molar refractivity (Wildman–Crippen MR) is 134 cm³/mol. The van der Waals surface area contributed by atoms with E-state index in [-0.39, 0.29) is 0 Å². The second kappa shape index (κ2) is 11.9. The van der Waals surface area contributed by atoms with E-state index < -0.39 is 11.8 Å². The Balaban J connectivity index is 1.60. The number of carbonyl (C=O) groups is 2. The summed E-state index contributed by atoms with van der Waals surface area (Å²) in [5.74, 6) is -0.602. The third kappa shape index (κ3) is 6.83. The van der Waals surface area contributed by atoms with Crippen molar-refractivity contribution in [3.63, 3.8) is 0 Å². The minimum atomic E-state index is -0.904. The van der Waals surface area contributed by atoms with Crippen LogP contribution in [-0.4, -0.2) is 24.6 Å². The second-order valence-electron chi connectivity index (χ2n) is 7.48. The van der Waals surface area contributed by atoms with Gasteiger partial charge in [0.2, 0.25) is 0 Å². The zero-order chi connectivity index (χ0) is 24.5. The van der Waals surface area contributed by atoms with Crippen molar-refractivity contribution in [2.75, 3.05) is 11.9 Å². The molecule has 34 heavy (non-hydrogen) atoms. The summed E-state index contributed by atoms with van der Waals surface area (Å²) < 4.78 is 11.6. The maximum atomic E-state index is 12.1. The van der Waals surface area contributed by atoms with E-state index >= 15 is 0 Å². The van der Waals surface area contributed by atoms with E-state index in [9.17, 15) is 9.59 Å². The van der Waals surface area contributed by atoms with Crippen molar-refractivity contribution in [2.24, 2.45) is 5.10 Å². The van der Waals surface area contributed by atoms with Crippen LogP contribution in [0.1, 0.15) is 29.2 Å². The van der Waals surface area contributed by atoms with E-state index in [1.54, 1.807) is 43.3 Å². The molecule has 0 radical (unpaired) electrons. The van der Waals surface area contributed by atoms with E-state index in [4.69, 9.17) is 21.1 Å². The average Bonchev–Trinajstić information content (AvgIpc) is 2.82. The van der Waals surface area contributed by atoms with Crippen LogP contribution in [0.3, 0.4) is 0 Å². The lowest BCUT2D eigenvalue weighted by Gasteiger charge is -2.13. The number of anilines is 1. The van der Waals surface area contributed by atoms with Crippen LogP contribution in [0.15, 0.2) is 65.8 Å². The number of benzene rings is 3. The molecule has 2 N–H and O–H groups in total. The lowest BCUT2D eigenvalue weighted by Crippen LogP contribution is -2.32. The van der Waals surface area contributed by atoms with Crippen molar-refractivity contribution in [2.45, 2.75) is 27.4 Å². The minimum Gasteiger partial charge on any atom is -0.490 e. The third-order valence-electron chi connectivity index (χ3n) is 4.88. The zero-order valence-corrected chi connectivity index (χ0v) is 20.0. The first kappa shape index (κ1) is 24.8. The zero-order valence-electron chi connectivity index (χ0n) is 19.2. The molecule has 0 aliphatic rings. The Morgan fingerprint density at radius 1 is 0.971 bits per heavy atom. The van der Waals surface area contributed by atoms with Gasteiger partial charge < -0.3 is 14.8 Å². The number of halogens is 1. The van der Waals surface area contributed by atoms with Crippen molar-refractivity contribution < 1.29 is 19.1 Å². The molecule has 3 aromatic carbocycles. The van der Waals surface area contributed by atoms with Crippen LogP contribution in [0.4, 0.5) is 5.69 Å². The van der Waals surface area contributed by atoms with E-state index in [0.29, 0.717) is 46.5 Å². The molecule has 176 valence electrons. The maximum absolute atomic E-state index is 12.1. The Morgan fingerprint density at radius 3 is 2.47 bits per heavy atom. The Bertz CT molecular complexity index is 1190. The summed E-state index contributed by atoms with van der Waals surface area (Å²) in [5.41, 5.74) is 6.24. The second-order valence-corrected chi connectivity index (χ2v) is 7.89. The fraction of sp³-hybridized carbons (Fsp3) is 0.192. The van der Waals surface area contributed by atoms with Gasteiger partial charge in [-0.1, -0.05) is 47.5 Å². The topological polar surface area (TPSA) is 89.0 Å². The number of amides is 2. The van der Waals surface area contributed by atoms with Gasteiger partial charge in [0.05, 0.1) is 12.8 Å². The van der Waals surface area contributed by atoms with Crippen LogP contribution in [0.2, 0.25) is 5.02 Å². The van der Waals surface area contributed by atoms with Crippen LogP contribution in [0.5, 0.6) is 11.5 Å². The molecule has 0 aliphatic heterocycles. The quantitative estimate of drug-likeness (QED) is 0.269. The summed E-state index contributed by atoms with van der Waals surface area (Å²) in [4.78, 5) is 24.2. The highest BCUT2D eigenvalue weighted by molar-refractivity contribution is 6.40. The van der Waals surface area contributed by atoms with Crippen molar-refractivity contribution >= 4 is 35.3 Å². The average molecular weight is 480 g/mol. The summed E-state index contributed by atoms with van der Waals surface area (Å²) in [6, 6.07) is 18.4. The van der Waals surface area contributed by atoms with Crippen molar-refractivity contribution in [3.8, 4) is 11.5 Å². The number of hydrogen-bond donors (Lipinski definition) is 2. The number of rotatable bonds is 8. The SMILES string of the molecule is CCOc1cc(C=NNC(=O)C(=O)Nc2cccc(Cl)c2C)ccc1OCc1ccc(C)cc1. The molecular formula is C26H26ClN3O4. The molecule has 3 aromatic rings. The van der Waals surface area contributed by atoms with E-state index in [0.717, 1.165) is 5.56 Å². The van der Waals surface area contributed by atoms with Crippen molar-refractivity contribution in [1.82, 2.24) is 5.43 Å². The van der Waals surface area contributed by atoms with Crippen LogP contribution >= 0.6 is 11.6 Å². The molecule has 0 atom stereocenters. The first-order chi connectivity index (χ1) is 16.4. The minimum absolute atomic E-state index is 0.408. The lowest BCUT2D eigenvalue weighted by molar-refractivity contribution is -0.136. The molecule has 0 aliphatic carbocycles. The number of hydrazone groups is 1. The van der Waals surface area contributed by atoms with Gasteiger partial charge in [0.1, 0.15) is 6.61 Å². The van der Waals surface area contributed by atoms with E-state index in [1.807, 2.05) is 38.1 Å². The number of ether oxygens (including phenoxy) is 2. The van der Waals surface area contributed by atoms with Gasteiger partial charge in [-0.15, -0.1) is 0 Å². The van der Waals surface area contributed by atoms with Gasteiger partial charge >= 0.3 is 11.8 Å². The molecule has 0 heterocycles. The summed E-state index contributed by atoms with van der Waals surface area (Å²) in [5, 5.41) is 6.88. The monoisotopic (exact) mass is 479 g/mol. The first-order valence-corrected chi connectivity index (χ1v) is 11.1. The Kier molecular flexibility index (Phi) is 8.65. The standard InChI is InChI=1S/C26H26ClN3O4/c1-4-33-24-14-20(12-13-23(24)34-16-19-10-8-17(2)9-11-19)15-28-30-26(32)25(31)29-22-7-5-6-21(27)18(22)3/h5-15H,4,16H2,1-3H3,(H,29,31)(H,30,32). The predicted octanol–water partition coefficient (Wildman–Crippen LogP) is 5.02. The third-order valence-corrected chi connectivity index (χ3v) is 5.29. The molecule has 0 fully saturated rings. The number of hydrogen-bond acceptors (Lipinski definition) is 5. The van der Waals surface area contributed by atoms with Crippen molar-refractivity contribution in [1.29, 1.82) is 0 Å².